The van der Waals surface area contributed by atoms with E-state index >= 15 is 0 Å². The summed E-state index contributed by atoms with van der Waals surface area (Å²) in [5, 5.41) is 11.8. The molecule has 0 aliphatic rings. The van der Waals surface area contributed by atoms with Crippen LogP contribution in [-0.4, -0.2) is 21.0 Å². The molecule has 2 N–H and O–H groups in total. The minimum atomic E-state index is -0.991. The van der Waals surface area contributed by atoms with Crippen LogP contribution in [0, 0.1) is 6.92 Å². The highest BCUT2D eigenvalue weighted by Crippen LogP contribution is 2.07. The number of aromatic nitrogens is 2. The quantitative estimate of drug-likeness (QED) is 0.829. The number of aryl methyl sites for hydroxylation is 1. The molecule has 0 radical (unpaired) electrons. The zero-order chi connectivity index (χ0) is 13.0. The van der Waals surface area contributed by atoms with E-state index in [4.69, 9.17) is 9.52 Å². The third-order valence-corrected chi connectivity index (χ3v) is 2.34. The fraction of sp³-hybridized carbons (Fsp3) is 0.250. The average Bonchev–Trinajstić information content (AvgIpc) is 2.81. The molecule has 0 spiro atoms. The Morgan fingerprint density at radius 1 is 1.39 bits per heavy atom. The molecule has 0 unspecified atom stereocenters. The maximum Gasteiger partial charge on any atom is 0.338 e. The fourth-order valence-electron chi connectivity index (χ4n) is 1.41. The SMILES string of the molecule is Cc1cnc(CNCc2cc(C(=O)O)co2)cn1. The summed E-state index contributed by atoms with van der Waals surface area (Å²) in [7, 11) is 0. The molecule has 2 heterocycles. The van der Waals surface area contributed by atoms with Crippen LogP contribution in [0.2, 0.25) is 0 Å². The Labute approximate surface area is 104 Å². The van der Waals surface area contributed by atoms with E-state index in [0.717, 1.165) is 11.4 Å². The van der Waals surface area contributed by atoms with Gasteiger partial charge in [-0.2, -0.15) is 0 Å². The molecule has 0 fully saturated rings. The van der Waals surface area contributed by atoms with Crippen molar-refractivity contribution in [2.75, 3.05) is 0 Å². The maximum absolute atomic E-state index is 10.6. The number of nitrogens with one attached hydrogen (secondary N) is 1. The average molecular weight is 247 g/mol. The number of carbonyl (C=O) groups is 1. The number of aromatic carboxylic acids is 1. The highest BCUT2D eigenvalue weighted by molar-refractivity contribution is 5.87. The Kier molecular flexibility index (Phi) is 3.69. The molecule has 0 amide bonds. The molecule has 2 aromatic rings. The lowest BCUT2D eigenvalue weighted by Crippen LogP contribution is -2.13. The molecule has 0 saturated carbocycles. The zero-order valence-corrected chi connectivity index (χ0v) is 9.88. The van der Waals surface area contributed by atoms with Crippen LogP contribution >= 0.6 is 0 Å². The van der Waals surface area contributed by atoms with Gasteiger partial charge < -0.3 is 14.8 Å². The van der Waals surface area contributed by atoms with Crippen LogP contribution in [0.5, 0.6) is 0 Å². The van der Waals surface area contributed by atoms with Crippen molar-refractivity contribution in [3.05, 3.63) is 47.4 Å². The van der Waals surface area contributed by atoms with Crippen molar-refractivity contribution < 1.29 is 14.3 Å². The van der Waals surface area contributed by atoms with E-state index in [1.54, 1.807) is 12.4 Å². The molecular weight excluding hydrogens is 234 g/mol. The predicted octanol–water partition coefficient (Wildman–Crippen LogP) is 1.37. The van der Waals surface area contributed by atoms with Crippen LogP contribution in [0.3, 0.4) is 0 Å². The summed E-state index contributed by atoms with van der Waals surface area (Å²) in [6.07, 6.45) is 4.63. The van der Waals surface area contributed by atoms with Crippen molar-refractivity contribution in [3.63, 3.8) is 0 Å². The maximum atomic E-state index is 10.6. The first-order valence-electron chi connectivity index (χ1n) is 5.44. The molecule has 0 bridgehead atoms. The Balaban J connectivity index is 1.84. The van der Waals surface area contributed by atoms with Gasteiger partial charge >= 0.3 is 5.97 Å². The fourth-order valence-corrected chi connectivity index (χ4v) is 1.41. The number of furan rings is 1. The largest absolute Gasteiger partial charge is 0.478 e. The molecule has 94 valence electrons. The van der Waals surface area contributed by atoms with Gasteiger partial charge in [-0.05, 0) is 13.0 Å². The number of carboxylic acid groups (broad SMARTS) is 1. The van der Waals surface area contributed by atoms with Gasteiger partial charge in [-0.15, -0.1) is 0 Å². The number of hydrogen-bond donors (Lipinski definition) is 2. The van der Waals surface area contributed by atoms with Crippen molar-refractivity contribution >= 4 is 5.97 Å². The monoisotopic (exact) mass is 247 g/mol. The van der Waals surface area contributed by atoms with Crippen LogP contribution in [0.4, 0.5) is 0 Å². The normalized spacial score (nSPS) is 10.5. The summed E-state index contributed by atoms with van der Waals surface area (Å²) in [4.78, 5) is 19.0. The van der Waals surface area contributed by atoms with Crippen LogP contribution < -0.4 is 5.32 Å². The van der Waals surface area contributed by atoms with E-state index in [2.05, 4.69) is 15.3 Å². The number of hydrogen-bond acceptors (Lipinski definition) is 5. The second-order valence-corrected chi connectivity index (χ2v) is 3.86. The topological polar surface area (TPSA) is 88.2 Å². The van der Waals surface area contributed by atoms with Crippen LogP contribution in [0.25, 0.3) is 0 Å². The lowest BCUT2D eigenvalue weighted by atomic mass is 10.3. The summed E-state index contributed by atoms with van der Waals surface area (Å²) in [6, 6.07) is 1.50. The van der Waals surface area contributed by atoms with E-state index in [9.17, 15) is 4.79 Å². The molecule has 0 aromatic carbocycles. The number of rotatable bonds is 5. The molecule has 0 aliphatic carbocycles. The second-order valence-electron chi connectivity index (χ2n) is 3.86. The van der Waals surface area contributed by atoms with Crippen LogP contribution in [0.1, 0.15) is 27.5 Å². The summed E-state index contributed by atoms with van der Waals surface area (Å²) in [6.45, 7) is 2.87. The Bertz CT molecular complexity index is 534. The molecule has 18 heavy (non-hydrogen) atoms. The third-order valence-electron chi connectivity index (χ3n) is 2.34. The Hall–Kier alpha value is -2.21. The molecular formula is C12H13N3O3. The smallest absolute Gasteiger partial charge is 0.338 e. The first-order chi connectivity index (χ1) is 8.65. The first-order valence-corrected chi connectivity index (χ1v) is 5.44. The Morgan fingerprint density at radius 3 is 2.83 bits per heavy atom. The van der Waals surface area contributed by atoms with Crippen LogP contribution in [0.15, 0.2) is 29.1 Å². The summed E-state index contributed by atoms with van der Waals surface area (Å²) in [5.74, 6) is -0.415. The van der Waals surface area contributed by atoms with Gasteiger partial charge in [-0.3, -0.25) is 9.97 Å². The second kappa shape index (κ2) is 5.42. The first kappa shape index (κ1) is 12.3. The molecule has 6 nitrogen and oxygen atoms in total. The Morgan fingerprint density at radius 2 is 2.22 bits per heavy atom. The van der Waals surface area contributed by atoms with Gasteiger partial charge in [0.15, 0.2) is 0 Å². The third kappa shape index (κ3) is 3.14. The van der Waals surface area contributed by atoms with Crippen molar-refractivity contribution in [1.29, 1.82) is 0 Å². The van der Waals surface area contributed by atoms with Gasteiger partial charge in [0.05, 0.1) is 23.5 Å². The summed E-state index contributed by atoms with van der Waals surface area (Å²) in [5.41, 5.74) is 1.85. The minimum Gasteiger partial charge on any atom is -0.478 e. The summed E-state index contributed by atoms with van der Waals surface area (Å²) >= 11 is 0. The van der Waals surface area contributed by atoms with Crippen molar-refractivity contribution in [2.24, 2.45) is 0 Å². The van der Waals surface area contributed by atoms with E-state index in [-0.39, 0.29) is 5.56 Å². The van der Waals surface area contributed by atoms with Crippen molar-refractivity contribution in [1.82, 2.24) is 15.3 Å². The van der Waals surface area contributed by atoms with Gasteiger partial charge in [0.2, 0.25) is 0 Å². The van der Waals surface area contributed by atoms with Gasteiger partial charge in [0, 0.05) is 18.9 Å². The number of nitrogens with zero attached hydrogens (tertiary/aromatic N) is 2. The highest BCUT2D eigenvalue weighted by atomic mass is 16.4. The lowest BCUT2D eigenvalue weighted by Gasteiger charge is -2.01. The molecule has 0 atom stereocenters. The molecule has 2 aromatic heterocycles. The lowest BCUT2D eigenvalue weighted by molar-refractivity contribution is 0.0696. The number of carboxylic acids is 1. The van der Waals surface area contributed by atoms with Crippen molar-refractivity contribution in [2.45, 2.75) is 20.0 Å². The van der Waals surface area contributed by atoms with E-state index in [0.29, 0.717) is 18.8 Å². The van der Waals surface area contributed by atoms with Gasteiger partial charge in [-0.25, -0.2) is 4.79 Å². The molecule has 0 saturated heterocycles. The van der Waals surface area contributed by atoms with E-state index in [1.165, 1.54) is 12.3 Å². The highest BCUT2D eigenvalue weighted by Gasteiger charge is 2.07. The predicted molar refractivity (Wildman–Crippen MR) is 63.0 cm³/mol. The van der Waals surface area contributed by atoms with E-state index < -0.39 is 5.97 Å². The van der Waals surface area contributed by atoms with Crippen LogP contribution in [-0.2, 0) is 13.1 Å². The zero-order valence-electron chi connectivity index (χ0n) is 9.88. The molecule has 2 rings (SSSR count). The van der Waals surface area contributed by atoms with Gasteiger partial charge in [0.1, 0.15) is 12.0 Å². The van der Waals surface area contributed by atoms with Gasteiger partial charge in [-0.1, -0.05) is 0 Å². The summed E-state index contributed by atoms with van der Waals surface area (Å²) < 4.78 is 5.10. The van der Waals surface area contributed by atoms with Crippen molar-refractivity contribution in [3.8, 4) is 0 Å². The molecule has 0 aliphatic heterocycles. The van der Waals surface area contributed by atoms with Gasteiger partial charge in [0.25, 0.3) is 0 Å². The minimum absolute atomic E-state index is 0.155. The molecule has 6 heteroatoms. The van der Waals surface area contributed by atoms with E-state index in [1.807, 2.05) is 6.92 Å². The standard InChI is InChI=1S/C12H13N3O3/c1-8-3-15-10(5-14-8)4-13-6-11-2-9(7-18-11)12(16)17/h2-3,5,7,13H,4,6H2,1H3,(H,16,17).